The number of benzene rings is 8. The van der Waals surface area contributed by atoms with Crippen LogP contribution >= 0.6 is 0 Å². The van der Waals surface area contributed by atoms with E-state index in [2.05, 4.69) is 189 Å². The third kappa shape index (κ3) is 4.58. The molecule has 4 heteroatoms. The average Bonchev–Trinajstić information content (AvgIpc) is 3.90. The summed E-state index contributed by atoms with van der Waals surface area (Å²) in [5.74, 6) is 2.39. The number of allylic oxidation sites excluding steroid dienone is 5. The average molecular weight is 811 g/mol. The Labute approximate surface area is 363 Å². The van der Waals surface area contributed by atoms with Gasteiger partial charge in [0, 0.05) is 66.9 Å². The summed E-state index contributed by atoms with van der Waals surface area (Å²) in [7, 11) is 0. The molecule has 0 saturated carbocycles. The number of aliphatic hydroxyl groups is 1. The van der Waals surface area contributed by atoms with Crippen LogP contribution in [-0.4, -0.2) is 5.11 Å². The number of aryl methyl sites for hydroxylation is 1. The predicted molar refractivity (Wildman–Crippen MR) is 252 cm³/mol. The number of rotatable bonds is 3. The van der Waals surface area contributed by atoms with Crippen LogP contribution in [0.4, 0.5) is 0 Å². The second kappa shape index (κ2) is 12.5. The molecule has 3 heterocycles. The summed E-state index contributed by atoms with van der Waals surface area (Å²) in [5.41, 5.74) is 11.9. The topological polar surface area (TPSA) is 55.7 Å². The van der Waals surface area contributed by atoms with Crippen LogP contribution in [0.15, 0.2) is 197 Å². The van der Waals surface area contributed by atoms with Crippen molar-refractivity contribution in [2.24, 2.45) is 5.92 Å². The van der Waals surface area contributed by atoms with Crippen LogP contribution in [0.5, 0.6) is 5.75 Å². The monoisotopic (exact) mass is 810 g/mol. The fourth-order valence-electron chi connectivity index (χ4n) is 11.5. The van der Waals surface area contributed by atoms with Gasteiger partial charge in [-0.25, -0.2) is 0 Å². The molecule has 0 fully saturated rings. The Balaban J connectivity index is 0.890. The molecule has 10 aromatic rings. The van der Waals surface area contributed by atoms with Gasteiger partial charge < -0.3 is 18.7 Å². The summed E-state index contributed by atoms with van der Waals surface area (Å²) in [4.78, 5) is 0. The minimum absolute atomic E-state index is 0.271. The van der Waals surface area contributed by atoms with Gasteiger partial charge >= 0.3 is 0 Å². The predicted octanol–water partition coefficient (Wildman–Crippen LogP) is 14.3. The molecular formula is C59H38O4. The van der Waals surface area contributed by atoms with E-state index in [9.17, 15) is 5.11 Å². The van der Waals surface area contributed by atoms with Crippen molar-refractivity contribution in [2.75, 3.05) is 0 Å². The Kier molecular flexibility index (Phi) is 6.93. The molecule has 1 spiro atoms. The molecule has 4 nitrogen and oxygen atoms in total. The molecule has 1 aliphatic heterocycles. The standard InChI is InChI=1S/C59H38O4/c1-34-21-22-37(38-23-27-43-53(32-38)61-51-29-25-35-11-2-4-13-40(35)55(43)51)31-50(34)58(60)45-16-6-8-18-47(45)59(48-19-9-7-17-46(48)58)49-20-10-15-42(57(49)63-59)39-24-28-44-54(33-39)62-52-30-26-36-12-3-5-14-41(36)56(44)52/h2-33,36,41,60H,1H3. The summed E-state index contributed by atoms with van der Waals surface area (Å²) in [6, 6.07) is 55.1. The lowest BCUT2D eigenvalue weighted by Crippen LogP contribution is -2.51. The van der Waals surface area contributed by atoms with Gasteiger partial charge in [-0.2, -0.15) is 0 Å². The van der Waals surface area contributed by atoms with Crippen molar-refractivity contribution in [1.82, 2.24) is 0 Å². The smallest absolute Gasteiger partial charge is 0.189 e. The van der Waals surface area contributed by atoms with Crippen LogP contribution in [-0.2, 0) is 11.2 Å². The number of ether oxygens (including phenoxy) is 1. The molecule has 4 aliphatic rings. The van der Waals surface area contributed by atoms with E-state index in [1.807, 2.05) is 12.1 Å². The maximum absolute atomic E-state index is 13.6. The lowest BCUT2D eigenvalue weighted by atomic mass is 9.61. The van der Waals surface area contributed by atoms with Crippen molar-refractivity contribution >= 4 is 49.8 Å². The lowest BCUT2D eigenvalue weighted by Gasteiger charge is -2.53. The first-order valence-corrected chi connectivity index (χ1v) is 21.8. The Morgan fingerprint density at radius 3 is 2.05 bits per heavy atom. The molecule has 0 bridgehead atoms. The highest BCUT2D eigenvalue weighted by atomic mass is 16.5. The fourth-order valence-corrected chi connectivity index (χ4v) is 11.5. The number of fused-ring (bicyclic) bond motifs is 16. The highest BCUT2D eigenvalue weighted by Gasteiger charge is 2.59. The molecule has 2 unspecified atom stereocenters. The summed E-state index contributed by atoms with van der Waals surface area (Å²) >= 11 is 0. The second-order valence-corrected chi connectivity index (χ2v) is 17.6. The third-order valence-electron chi connectivity index (χ3n) is 14.4. The van der Waals surface area contributed by atoms with E-state index in [0.29, 0.717) is 5.92 Å². The maximum atomic E-state index is 13.6. The van der Waals surface area contributed by atoms with Crippen molar-refractivity contribution in [2.45, 2.75) is 24.0 Å². The first-order chi connectivity index (χ1) is 31.0. The van der Waals surface area contributed by atoms with Crippen molar-refractivity contribution in [3.8, 4) is 28.0 Å². The molecule has 1 N–H and O–H groups in total. The molecule has 0 saturated heterocycles. The van der Waals surface area contributed by atoms with E-state index in [1.165, 1.54) is 16.3 Å². The first kappa shape index (κ1) is 35.0. The van der Waals surface area contributed by atoms with Crippen LogP contribution in [0.3, 0.4) is 0 Å². The van der Waals surface area contributed by atoms with Crippen LogP contribution in [0.25, 0.3) is 72.0 Å². The molecule has 0 amide bonds. The minimum Gasteiger partial charge on any atom is -0.472 e. The highest BCUT2D eigenvalue weighted by Crippen LogP contribution is 2.63. The minimum atomic E-state index is -1.47. The van der Waals surface area contributed by atoms with E-state index in [-0.39, 0.29) is 5.92 Å². The number of furan rings is 2. The molecular weight excluding hydrogens is 773 g/mol. The van der Waals surface area contributed by atoms with Crippen molar-refractivity contribution < 1.29 is 18.7 Å². The molecule has 14 rings (SSSR count). The van der Waals surface area contributed by atoms with E-state index in [1.54, 1.807) is 0 Å². The van der Waals surface area contributed by atoms with E-state index < -0.39 is 11.2 Å². The second-order valence-electron chi connectivity index (χ2n) is 17.6. The summed E-state index contributed by atoms with van der Waals surface area (Å²) in [6.07, 6.45) is 13.2. The maximum Gasteiger partial charge on any atom is 0.189 e. The molecule has 0 radical (unpaired) electrons. The van der Waals surface area contributed by atoms with Gasteiger partial charge in [-0.1, -0.05) is 158 Å². The van der Waals surface area contributed by atoms with E-state index in [0.717, 1.165) is 106 Å². The van der Waals surface area contributed by atoms with E-state index >= 15 is 0 Å². The molecule has 298 valence electrons. The van der Waals surface area contributed by atoms with Gasteiger partial charge in [0.05, 0.1) is 0 Å². The summed E-state index contributed by atoms with van der Waals surface area (Å²) < 4.78 is 20.3. The van der Waals surface area contributed by atoms with E-state index in [4.69, 9.17) is 13.6 Å². The fraction of sp³-hybridized carbons (Fsp3) is 0.0847. The first-order valence-electron chi connectivity index (χ1n) is 21.8. The van der Waals surface area contributed by atoms with Crippen molar-refractivity contribution in [1.29, 1.82) is 0 Å². The zero-order valence-corrected chi connectivity index (χ0v) is 34.3. The Morgan fingerprint density at radius 2 is 1.19 bits per heavy atom. The third-order valence-corrected chi connectivity index (χ3v) is 14.4. The zero-order valence-electron chi connectivity index (χ0n) is 34.3. The molecule has 2 aromatic heterocycles. The Hall–Kier alpha value is -7.66. The van der Waals surface area contributed by atoms with Crippen molar-refractivity contribution in [3.05, 3.63) is 238 Å². The van der Waals surface area contributed by atoms with Gasteiger partial charge in [-0.3, -0.25) is 0 Å². The summed E-state index contributed by atoms with van der Waals surface area (Å²) in [6.45, 7) is 2.09. The molecule has 3 aliphatic carbocycles. The molecule has 2 atom stereocenters. The largest absolute Gasteiger partial charge is 0.472 e. The number of hydrogen-bond acceptors (Lipinski definition) is 4. The molecule has 63 heavy (non-hydrogen) atoms. The Morgan fingerprint density at radius 1 is 0.508 bits per heavy atom. The van der Waals surface area contributed by atoms with Gasteiger partial charge in [0.2, 0.25) is 0 Å². The normalized spacial score (nSPS) is 21.2. The zero-order chi connectivity index (χ0) is 41.6. The van der Waals surface area contributed by atoms with Crippen LogP contribution in [0, 0.1) is 12.8 Å². The lowest BCUT2D eigenvalue weighted by molar-refractivity contribution is 0.0601. The van der Waals surface area contributed by atoms with Gasteiger partial charge in [0.1, 0.15) is 33.9 Å². The molecule has 8 aromatic carbocycles. The quantitative estimate of drug-likeness (QED) is 0.193. The van der Waals surface area contributed by atoms with Crippen LogP contribution in [0.1, 0.15) is 56.2 Å². The van der Waals surface area contributed by atoms with Gasteiger partial charge in [0.25, 0.3) is 0 Å². The highest BCUT2D eigenvalue weighted by molar-refractivity contribution is 6.19. The van der Waals surface area contributed by atoms with Crippen molar-refractivity contribution in [3.63, 3.8) is 0 Å². The van der Waals surface area contributed by atoms with Crippen LogP contribution in [0.2, 0.25) is 0 Å². The number of hydrogen-bond donors (Lipinski definition) is 1. The SMILES string of the molecule is Cc1ccc(-c2ccc3c(c2)oc2ccc4ccccc4c23)cc1C1(O)c2ccccc2C2(Oc3c(-c4ccc5c6c(oc5c4)C=CC4C=CC=CC64)cccc32)c2ccccc21. The van der Waals surface area contributed by atoms with Gasteiger partial charge in [-0.05, 0) is 81.9 Å². The van der Waals surface area contributed by atoms with Gasteiger partial charge in [0.15, 0.2) is 5.60 Å². The Bertz CT molecular complexity index is 3670. The number of para-hydroxylation sites is 1. The van der Waals surface area contributed by atoms with Crippen LogP contribution < -0.4 is 4.74 Å². The van der Waals surface area contributed by atoms with Gasteiger partial charge in [-0.15, -0.1) is 0 Å². The summed E-state index contributed by atoms with van der Waals surface area (Å²) in [5, 5.41) is 19.4.